The highest BCUT2D eigenvalue weighted by molar-refractivity contribution is 5.64. The second kappa shape index (κ2) is 4.64. The summed E-state index contributed by atoms with van der Waals surface area (Å²) in [4.78, 5) is 0. The number of benzene rings is 1. The summed E-state index contributed by atoms with van der Waals surface area (Å²) >= 11 is 0. The van der Waals surface area contributed by atoms with Crippen molar-refractivity contribution in [3.05, 3.63) is 46.9 Å². The number of halogens is 3. The van der Waals surface area contributed by atoms with Gasteiger partial charge >= 0.3 is 0 Å². The van der Waals surface area contributed by atoms with E-state index in [1.54, 1.807) is 19.9 Å². The largest absolute Gasteiger partial charge is 0.272 e. The molecule has 2 rings (SSSR count). The molecule has 0 saturated heterocycles. The second-order valence-corrected chi connectivity index (χ2v) is 4.60. The van der Waals surface area contributed by atoms with Crippen LogP contribution in [0.4, 0.5) is 13.2 Å². The maximum atomic E-state index is 13.6. The van der Waals surface area contributed by atoms with Crippen LogP contribution in [0.1, 0.15) is 23.7 Å². The van der Waals surface area contributed by atoms with Crippen molar-refractivity contribution < 1.29 is 13.2 Å². The first-order chi connectivity index (χ1) is 8.79. The van der Waals surface area contributed by atoms with E-state index < -0.39 is 11.7 Å². The van der Waals surface area contributed by atoms with Crippen LogP contribution >= 0.6 is 0 Å². The molecule has 0 spiro atoms. The highest BCUT2D eigenvalue weighted by Crippen LogP contribution is 2.34. The van der Waals surface area contributed by atoms with E-state index in [9.17, 15) is 13.2 Å². The molecule has 0 aliphatic heterocycles. The normalized spacial score (nSPS) is 11.7. The number of aromatic nitrogens is 2. The molecule has 0 fully saturated rings. The fourth-order valence-corrected chi connectivity index (χ4v) is 1.78. The summed E-state index contributed by atoms with van der Waals surface area (Å²) in [6, 6.07) is 5.57. The highest BCUT2D eigenvalue weighted by atomic mass is 19.3. The van der Waals surface area contributed by atoms with E-state index in [2.05, 4.69) is 10.2 Å². The molecule has 0 bridgehead atoms. The zero-order valence-electron chi connectivity index (χ0n) is 10.8. The van der Waals surface area contributed by atoms with Crippen molar-refractivity contribution in [1.29, 1.82) is 0 Å². The number of hydrogen-bond acceptors (Lipinski definition) is 2. The molecular weight excluding hydrogens is 253 g/mol. The molecule has 100 valence electrons. The van der Waals surface area contributed by atoms with Gasteiger partial charge in [0.15, 0.2) is 0 Å². The van der Waals surface area contributed by atoms with E-state index in [1.807, 2.05) is 0 Å². The lowest BCUT2D eigenvalue weighted by Gasteiger charge is -2.15. The fourth-order valence-electron chi connectivity index (χ4n) is 1.78. The lowest BCUT2D eigenvalue weighted by Crippen LogP contribution is -2.12. The minimum Gasteiger partial charge on any atom is -0.207 e. The maximum Gasteiger partial charge on any atom is 0.272 e. The number of rotatable bonds is 2. The predicted octanol–water partition coefficient (Wildman–Crippen LogP) is 4.01. The van der Waals surface area contributed by atoms with Crippen LogP contribution in [0.3, 0.4) is 0 Å². The van der Waals surface area contributed by atoms with Crippen LogP contribution in [0.25, 0.3) is 11.3 Å². The first-order valence-electron chi connectivity index (χ1n) is 5.78. The molecule has 0 saturated carbocycles. The first-order valence-corrected chi connectivity index (χ1v) is 5.78. The van der Waals surface area contributed by atoms with Gasteiger partial charge in [-0.05, 0) is 31.5 Å². The summed E-state index contributed by atoms with van der Waals surface area (Å²) in [7, 11) is 0. The molecule has 0 radical (unpaired) electrons. The molecule has 0 atom stereocenters. The molecule has 5 heteroatoms. The van der Waals surface area contributed by atoms with Crippen molar-refractivity contribution in [2.75, 3.05) is 0 Å². The van der Waals surface area contributed by atoms with Gasteiger partial charge in [-0.2, -0.15) is 5.10 Å². The van der Waals surface area contributed by atoms with Gasteiger partial charge in [0.1, 0.15) is 11.5 Å². The van der Waals surface area contributed by atoms with Crippen molar-refractivity contribution >= 4 is 0 Å². The lowest BCUT2D eigenvalue weighted by atomic mass is 10.0. The molecule has 0 aliphatic carbocycles. The number of aryl methyl sites for hydroxylation is 2. The third kappa shape index (κ3) is 2.75. The average molecular weight is 266 g/mol. The highest BCUT2D eigenvalue weighted by Gasteiger charge is 2.29. The van der Waals surface area contributed by atoms with Gasteiger partial charge < -0.3 is 0 Å². The summed E-state index contributed by atoms with van der Waals surface area (Å²) in [5.74, 6) is -3.51. The summed E-state index contributed by atoms with van der Waals surface area (Å²) in [5.41, 5.74) is 0.911. The minimum atomic E-state index is -3.06. The SMILES string of the molecule is Cc1cc(C(C)(F)F)c(-c2ccc(C)c(F)c2)nn1. The zero-order valence-corrected chi connectivity index (χ0v) is 10.8. The first kappa shape index (κ1) is 13.5. The Balaban J connectivity index is 2.65. The summed E-state index contributed by atoms with van der Waals surface area (Å²) in [5, 5.41) is 7.57. The van der Waals surface area contributed by atoms with E-state index in [0.717, 1.165) is 6.92 Å². The van der Waals surface area contributed by atoms with Crippen LogP contribution in [0.2, 0.25) is 0 Å². The van der Waals surface area contributed by atoms with Gasteiger partial charge in [0.25, 0.3) is 5.92 Å². The Morgan fingerprint density at radius 1 is 1.05 bits per heavy atom. The molecule has 0 N–H and O–H groups in total. The van der Waals surface area contributed by atoms with Crippen molar-refractivity contribution in [2.45, 2.75) is 26.7 Å². The summed E-state index contributed by atoms with van der Waals surface area (Å²) < 4.78 is 40.7. The Kier molecular flexibility index (Phi) is 3.30. The molecule has 1 aromatic carbocycles. The van der Waals surface area contributed by atoms with Crippen molar-refractivity contribution in [3.63, 3.8) is 0 Å². The lowest BCUT2D eigenvalue weighted by molar-refractivity contribution is 0.0175. The molecule has 2 nitrogen and oxygen atoms in total. The number of nitrogens with zero attached hydrogens (tertiary/aromatic N) is 2. The van der Waals surface area contributed by atoms with Crippen LogP contribution in [0.15, 0.2) is 24.3 Å². The van der Waals surface area contributed by atoms with Gasteiger partial charge in [-0.1, -0.05) is 12.1 Å². The quantitative estimate of drug-likeness (QED) is 0.820. The van der Waals surface area contributed by atoms with E-state index in [1.165, 1.54) is 18.2 Å². The number of hydrogen-bond donors (Lipinski definition) is 0. The Morgan fingerprint density at radius 2 is 1.74 bits per heavy atom. The van der Waals surface area contributed by atoms with E-state index in [0.29, 0.717) is 16.8 Å². The molecule has 0 unspecified atom stereocenters. The van der Waals surface area contributed by atoms with E-state index in [4.69, 9.17) is 0 Å². The Morgan fingerprint density at radius 3 is 2.32 bits per heavy atom. The van der Waals surface area contributed by atoms with Crippen molar-refractivity contribution in [2.24, 2.45) is 0 Å². The zero-order chi connectivity index (χ0) is 14.2. The third-order valence-corrected chi connectivity index (χ3v) is 2.83. The Bertz CT molecular complexity index is 619. The molecule has 1 aromatic heterocycles. The van der Waals surface area contributed by atoms with Crippen LogP contribution in [0, 0.1) is 19.7 Å². The fraction of sp³-hybridized carbons (Fsp3) is 0.286. The van der Waals surface area contributed by atoms with Crippen LogP contribution < -0.4 is 0 Å². The molecular formula is C14H13F3N2. The number of alkyl halides is 2. The van der Waals surface area contributed by atoms with Crippen LogP contribution in [-0.4, -0.2) is 10.2 Å². The van der Waals surface area contributed by atoms with Gasteiger partial charge in [-0.15, -0.1) is 5.10 Å². The minimum absolute atomic E-state index is 0.0111. The molecule has 0 aliphatic rings. The van der Waals surface area contributed by atoms with Crippen LogP contribution in [-0.2, 0) is 5.92 Å². The van der Waals surface area contributed by atoms with E-state index in [-0.39, 0.29) is 11.3 Å². The third-order valence-electron chi connectivity index (χ3n) is 2.83. The van der Waals surface area contributed by atoms with E-state index >= 15 is 0 Å². The smallest absolute Gasteiger partial charge is 0.207 e. The van der Waals surface area contributed by atoms with Crippen molar-refractivity contribution in [1.82, 2.24) is 10.2 Å². The topological polar surface area (TPSA) is 25.8 Å². The Hall–Kier alpha value is -1.91. The molecule has 2 aromatic rings. The molecule has 1 heterocycles. The van der Waals surface area contributed by atoms with Gasteiger partial charge in [-0.3, -0.25) is 0 Å². The molecule has 0 amide bonds. The summed E-state index contributed by atoms with van der Waals surface area (Å²) in [6.07, 6.45) is 0. The average Bonchev–Trinajstić information content (AvgIpc) is 2.32. The van der Waals surface area contributed by atoms with Gasteiger partial charge in [0.2, 0.25) is 0 Å². The summed E-state index contributed by atoms with van der Waals surface area (Å²) in [6.45, 7) is 3.98. The Labute approximate surface area is 109 Å². The maximum absolute atomic E-state index is 13.6. The van der Waals surface area contributed by atoms with Gasteiger partial charge in [0.05, 0.1) is 11.3 Å². The predicted molar refractivity (Wildman–Crippen MR) is 66.5 cm³/mol. The van der Waals surface area contributed by atoms with Crippen LogP contribution in [0.5, 0.6) is 0 Å². The van der Waals surface area contributed by atoms with Gasteiger partial charge in [-0.25, -0.2) is 13.2 Å². The van der Waals surface area contributed by atoms with Crippen molar-refractivity contribution in [3.8, 4) is 11.3 Å². The monoisotopic (exact) mass is 266 g/mol. The molecule has 19 heavy (non-hydrogen) atoms. The standard InChI is InChI=1S/C14H13F3N2/c1-8-4-5-10(7-12(8)15)13-11(14(3,16)17)6-9(2)18-19-13/h4-7H,1-3H3. The second-order valence-electron chi connectivity index (χ2n) is 4.60. The van der Waals surface area contributed by atoms with Gasteiger partial charge in [0, 0.05) is 12.5 Å².